The maximum atomic E-state index is 11.9. The molecular formula is C20H19NO2S. The lowest BCUT2D eigenvalue weighted by atomic mass is 10.0. The number of thiophene rings is 1. The Bertz CT molecular complexity index is 769. The van der Waals surface area contributed by atoms with Crippen LogP contribution in [0.15, 0.2) is 71.4 Å². The minimum absolute atomic E-state index is 0.0238. The van der Waals surface area contributed by atoms with E-state index in [-0.39, 0.29) is 12.5 Å². The molecular weight excluding hydrogens is 318 g/mol. The zero-order valence-corrected chi connectivity index (χ0v) is 14.1. The highest BCUT2D eigenvalue weighted by Crippen LogP contribution is 2.21. The smallest absolute Gasteiger partial charge is 0.258 e. The van der Waals surface area contributed by atoms with Crippen LogP contribution in [0.4, 0.5) is 0 Å². The Morgan fingerprint density at radius 2 is 1.75 bits per heavy atom. The third kappa shape index (κ3) is 4.70. The number of ether oxygens (including phenoxy) is 1. The van der Waals surface area contributed by atoms with Crippen molar-refractivity contribution in [2.45, 2.75) is 13.0 Å². The second-order valence-corrected chi connectivity index (χ2v) is 6.25. The number of rotatable bonds is 7. The minimum atomic E-state index is -0.115. The number of nitrogens with one attached hydrogen (secondary N) is 1. The number of hydrogen-bond acceptors (Lipinski definition) is 3. The van der Waals surface area contributed by atoms with Crippen molar-refractivity contribution in [1.82, 2.24) is 5.32 Å². The van der Waals surface area contributed by atoms with Gasteiger partial charge in [-0.25, -0.2) is 0 Å². The van der Waals surface area contributed by atoms with Gasteiger partial charge in [0.2, 0.25) is 0 Å². The third-order valence-electron chi connectivity index (χ3n) is 3.64. The number of carbonyl (C=O) groups is 1. The summed E-state index contributed by atoms with van der Waals surface area (Å²) in [5.74, 6) is 0.641. The molecule has 1 aromatic heterocycles. The highest BCUT2D eigenvalue weighted by molar-refractivity contribution is 7.07. The lowest BCUT2D eigenvalue weighted by Gasteiger charge is -2.11. The van der Waals surface area contributed by atoms with E-state index in [2.05, 4.69) is 17.4 Å². The first-order chi connectivity index (χ1) is 11.8. The summed E-state index contributed by atoms with van der Waals surface area (Å²) in [4.78, 5) is 11.9. The lowest BCUT2D eigenvalue weighted by molar-refractivity contribution is -0.123. The fourth-order valence-corrected chi connectivity index (χ4v) is 3.06. The molecule has 1 heterocycles. The Morgan fingerprint density at radius 1 is 0.958 bits per heavy atom. The highest BCUT2D eigenvalue weighted by atomic mass is 32.1. The molecule has 0 spiro atoms. The van der Waals surface area contributed by atoms with Crippen LogP contribution < -0.4 is 10.1 Å². The first-order valence-electron chi connectivity index (χ1n) is 7.83. The zero-order chi connectivity index (χ0) is 16.6. The molecule has 0 atom stereocenters. The van der Waals surface area contributed by atoms with Crippen molar-refractivity contribution in [3.8, 4) is 5.75 Å². The molecule has 3 aromatic rings. The van der Waals surface area contributed by atoms with E-state index in [4.69, 9.17) is 4.74 Å². The van der Waals surface area contributed by atoms with Gasteiger partial charge in [-0.15, -0.1) is 0 Å². The summed E-state index contributed by atoms with van der Waals surface area (Å²) in [6.45, 7) is 0.563. The van der Waals surface area contributed by atoms with E-state index in [1.54, 1.807) is 11.3 Å². The van der Waals surface area contributed by atoms with Crippen LogP contribution in [-0.2, 0) is 17.8 Å². The molecule has 0 bridgehead atoms. The largest absolute Gasteiger partial charge is 0.483 e. The van der Waals surface area contributed by atoms with E-state index < -0.39 is 0 Å². The lowest BCUT2D eigenvalue weighted by Crippen LogP contribution is -2.28. The Kier molecular flexibility index (Phi) is 5.64. The van der Waals surface area contributed by atoms with Gasteiger partial charge >= 0.3 is 0 Å². The molecule has 1 amide bonds. The molecule has 0 unspecified atom stereocenters. The van der Waals surface area contributed by atoms with Crippen LogP contribution in [0, 0.1) is 0 Å². The first kappa shape index (κ1) is 16.3. The maximum Gasteiger partial charge on any atom is 0.258 e. The molecule has 3 nitrogen and oxygen atoms in total. The minimum Gasteiger partial charge on any atom is -0.483 e. The van der Waals surface area contributed by atoms with E-state index in [0.29, 0.717) is 6.54 Å². The van der Waals surface area contributed by atoms with Crippen molar-refractivity contribution in [3.63, 3.8) is 0 Å². The molecule has 122 valence electrons. The number of amides is 1. The molecule has 0 fully saturated rings. The van der Waals surface area contributed by atoms with Crippen LogP contribution in [0.3, 0.4) is 0 Å². The van der Waals surface area contributed by atoms with Gasteiger partial charge in [-0.1, -0.05) is 48.5 Å². The molecule has 1 N–H and O–H groups in total. The molecule has 3 rings (SSSR count). The van der Waals surface area contributed by atoms with E-state index in [0.717, 1.165) is 23.3 Å². The van der Waals surface area contributed by atoms with Crippen LogP contribution in [0.5, 0.6) is 5.75 Å². The molecule has 0 saturated heterocycles. The molecule has 0 aliphatic carbocycles. The number of hydrogen-bond donors (Lipinski definition) is 1. The van der Waals surface area contributed by atoms with Gasteiger partial charge in [-0.05, 0) is 39.6 Å². The average Bonchev–Trinajstić information content (AvgIpc) is 3.14. The molecule has 0 radical (unpaired) electrons. The molecule has 0 aliphatic heterocycles. The summed E-state index contributed by atoms with van der Waals surface area (Å²) >= 11 is 1.62. The van der Waals surface area contributed by atoms with Gasteiger partial charge < -0.3 is 10.1 Å². The number of para-hydroxylation sites is 1. The molecule has 0 saturated carbocycles. The van der Waals surface area contributed by atoms with Gasteiger partial charge in [-0.2, -0.15) is 11.3 Å². The van der Waals surface area contributed by atoms with Gasteiger partial charge in [0.1, 0.15) is 5.75 Å². The van der Waals surface area contributed by atoms with Crippen molar-refractivity contribution in [1.29, 1.82) is 0 Å². The van der Waals surface area contributed by atoms with Crippen LogP contribution in [-0.4, -0.2) is 12.5 Å². The average molecular weight is 337 g/mol. The van der Waals surface area contributed by atoms with Crippen LogP contribution in [0.2, 0.25) is 0 Å². The third-order valence-corrected chi connectivity index (χ3v) is 4.37. The Hall–Kier alpha value is -2.59. The van der Waals surface area contributed by atoms with E-state index in [1.807, 2.05) is 59.3 Å². The predicted octanol–water partition coefficient (Wildman–Crippen LogP) is 4.03. The Balaban J connectivity index is 1.56. The summed E-state index contributed by atoms with van der Waals surface area (Å²) in [6.07, 6.45) is 0.785. The fraction of sp³-hybridized carbons (Fsp3) is 0.150. The Labute approximate surface area is 145 Å². The van der Waals surface area contributed by atoms with E-state index in [1.165, 1.54) is 5.56 Å². The van der Waals surface area contributed by atoms with Gasteiger partial charge in [0, 0.05) is 13.0 Å². The summed E-state index contributed by atoms with van der Waals surface area (Å²) in [6, 6.07) is 20.1. The molecule has 2 aromatic carbocycles. The predicted molar refractivity (Wildman–Crippen MR) is 97.4 cm³/mol. The van der Waals surface area contributed by atoms with Crippen LogP contribution in [0.1, 0.15) is 16.7 Å². The van der Waals surface area contributed by atoms with E-state index in [9.17, 15) is 4.79 Å². The van der Waals surface area contributed by atoms with Crippen molar-refractivity contribution in [3.05, 3.63) is 88.1 Å². The summed E-state index contributed by atoms with van der Waals surface area (Å²) in [5, 5.41) is 6.89. The highest BCUT2D eigenvalue weighted by Gasteiger charge is 2.07. The molecule has 4 heteroatoms. The van der Waals surface area contributed by atoms with Gasteiger partial charge in [0.05, 0.1) is 0 Å². The van der Waals surface area contributed by atoms with Gasteiger partial charge in [0.25, 0.3) is 5.91 Å². The summed E-state index contributed by atoms with van der Waals surface area (Å²) < 4.78 is 5.73. The van der Waals surface area contributed by atoms with Crippen LogP contribution in [0.25, 0.3) is 0 Å². The standard InChI is InChI=1S/C20H19NO2S/c22-20(21-13-17-10-11-24-15-17)14-23-19-9-5-4-8-18(19)12-16-6-2-1-3-7-16/h1-11,15H,12-14H2,(H,21,22). The van der Waals surface area contributed by atoms with Gasteiger partial charge in [-0.3, -0.25) is 4.79 Å². The SMILES string of the molecule is O=C(COc1ccccc1Cc1ccccc1)NCc1ccsc1. The van der Waals surface area contributed by atoms with Gasteiger partial charge in [0.15, 0.2) is 6.61 Å². The molecule has 24 heavy (non-hydrogen) atoms. The second kappa shape index (κ2) is 8.31. The Morgan fingerprint density at radius 3 is 2.54 bits per heavy atom. The molecule has 0 aliphatic rings. The van der Waals surface area contributed by atoms with E-state index >= 15 is 0 Å². The maximum absolute atomic E-state index is 11.9. The van der Waals surface area contributed by atoms with Crippen molar-refractivity contribution >= 4 is 17.2 Å². The first-order valence-corrected chi connectivity index (χ1v) is 8.78. The second-order valence-electron chi connectivity index (χ2n) is 5.47. The van der Waals surface area contributed by atoms with Crippen molar-refractivity contribution in [2.24, 2.45) is 0 Å². The van der Waals surface area contributed by atoms with Crippen LogP contribution >= 0.6 is 11.3 Å². The number of benzene rings is 2. The number of carbonyl (C=O) groups excluding carboxylic acids is 1. The normalized spacial score (nSPS) is 10.3. The summed E-state index contributed by atoms with van der Waals surface area (Å²) in [5.41, 5.74) is 3.41. The fourth-order valence-electron chi connectivity index (χ4n) is 2.39. The topological polar surface area (TPSA) is 38.3 Å². The monoisotopic (exact) mass is 337 g/mol. The van der Waals surface area contributed by atoms with Crippen molar-refractivity contribution in [2.75, 3.05) is 6.61 Å². The quantitative estimate of drug-likeness (QED) is 0.707. The zero-order valence-electron chi connectivity index (χ0n) is 13.3. The summed E-state index contributed by atoms with van der Waals surface area (Å²) in [7, 11) is 0. The van der Waals surface area contributed by atoms with Crippen molar-refractivity contribution < 1.29 is 9.53 Å².